The standard InChI is InChI=1S/C13H21F3O3/c1-2-3-4-5-6-7-8-9-11(17)10-19-12(18)13(14,15)16/h2-10H2,1H3. The number of unbranched alkanes of at least 4 members (excludes halogenated alkanes) is 6. The number of Topliss-reactive ketones (excluding diaryl/α,β-unsaturated/α-hetero) is 1. The molecule has 0 atom stereocenters. The van der Waals surface area contributed by atoms with Crippen molar-refractivity contribution >= 4 is 11.8 Å². The predicted octanol–water partition coefficient (Wildman–Crippen LogP) is 3.80. The molecule has 3 nitrogen and oxygen atoms in total. The van der Waals surface area contributed by atoms with Gasteiger partial charge in [-0.3, -0.25) is 4.79 Å². The molecule has 0 radical (unpaired) electrons. The number of alkyl halides is 3. The smallest absolute Gasteiger partial charge is 0.451 e. The summed E-state index contributed by atoms with van der Waals surface area (Å²) in [6, 6.07) is 0. The Morgan fingerprint density at radius 1 is 0.947 bits per heavy atom. The molecule has 0 aromatic heterocycles. The first-order valence-electron chi connectivity index (χ1n) is 6.63. The number of carbonyl (C=O) groups is 2. The molecule has 0 rings (SSSR count). The normalized spacial score (nSPS) is 11.4. The van der Waals surface area contributed by atoms with Crippen molar-refractivity contribution in [3.05, 3.63) is 0 Å². The lowest BCUT2D eigenvalue weighted by Gasteiger charge is -2.06. The topological polar surface area (TPSA) is 43.4 Å². The zero-order valence-corrected chi connectivity index (χ0v) is 11.2. The summed E-state index contributed by atoms with van der Waals surface area (Å²) in [5, 5.41) is 0. The van der Waals surface area contributed by atoms with Crippen LogP contribution in [0.1, 0.15) is 58.3 Å². The van der Waals surface area contributed by atoms with Gasteiger partial charge in [-0.15, -0.1) is 0 Å². The molecule has 0 spiro atoms. The van der Waals surface area contributed by atoms with Gasteiger partial charge in [0.05, 0.1) is 0 Å². The molecule has 0 aliphatic heterocycles. The Morgan fingerprint density at radius 2 is 1.47 bits per heavy atom. The van der Waals surface area contributed by atoms with Gasteiger partial charge in [0.25, 0.3) is 0 Å². The van der Waals surface area contributed by atoms with E-state index in [1.54, 1.807) is 0 Å². The summed E-state index contributed by atoms with van der Waals surface area (Å²) >= 11 is 0. The fourth-order valence-corrected chi connectivity index (χ4v) is 1.58. The molecule has 0 amide bonds. The number of carbonyl (C=O) groups excluding carboxylic acids is 2. The summed E-state index contributed by atoms with van der Waals surface area (Å²) < 4.78 is 39.2. The molecule has 0 unspecified atom stereocenters. The molecule has 0 saturated carbocycles. The first-order chi connectivity index (χ1) is 8.88. The highest BCUT2D eigenvalue weighted by Crippen LogP contribution is 2.16. The molecular formula is C13H21F3O3. The average Bonchev–Trinajstić information content (AvgIpc) is 2.33. The highest BCUT2D eigenvalue weighted by molar-refractivity contribution is 5.83. The highest BCUT2D eigenvalue weighted by Gasteiger charge is 2.41. The molecule has 112 valence electrons. The first kappa shape index (κ1) is 17.9. The number of rotatable bonds is 10. The second kappa shape index (κ2) is 9.81. The lowest BCUT2D eigenvalue weighted by molar-refractivity contribution is -0.199. The van der Waals surface area contributed by atoms with Crippen LogP contribution in [-0.4, -0.2) is 24.5 Å². The minimum atomic E-state index is -5.03. The van der Waals surface area contributed by atoms with Gasteiger partial charge in [-0.25, -0.2) is 4.79 Å². The lowest BCUT2D eigenvalue weighted by Crippen LogP contribution is -2.27. The largest absolute Gasteiger partial charge is 0.490 e. The van der Waals surface area contributed by atoms with E-state index in [4.69, 9.17) is 0 Å². The van der Waals surface area contributed by atoms with E-state index in [0.717, 1.165) is 19.3 Å². The number of esters is 1. The highest BCUT2D eigenvalue weighted by atomic mass is 19.4. The van der Waals surface area contributed by atoms with Gasteiger partial charge >= 0.3 is 12.1 Å². The van der Waals surface area contributed by atoms with Crippen LogP contribution in [0, 0.1) is 0 Å². The van der Waals surface area contributed by atoms with Gasteiger partial charge in [-0.05, 0) is 6.42 Å². The fourth-order valence-electron chi connectivity index (χ4n) is 1.58. The van der Waals surface area contributed by atoms with Crippen molar-refractivity contribution in [2.24, 2.45) is 0 Å². The van der Waals surface area contributed by atoms with Crippen LogP contribution in [0.5, 0.6) is 0 Å². The quantitative estimate of drug-likeness (QED) is 0.452. The third-order valence-corrected chi connectivity index (χ3v) is 2.65. The maximum Gasteiger partial charge on any atom is 0.490 e. The van der Waals surface area contributed by atoms with Crippen LogP contribution in [0.2, 0.25) is 0 Å². The first-order valence-corrected chi connectivity index (χ1v) is 6.63. The van der Waals surface area contributed by atoms with Crippen molar-refractivity contribution in [3.8, 4) is 0 Å². The number of hydrogen-bond acceptors (Lipinski definition) is 3. The Balaban J connectivity index is 3.48. The number of ether oxygens (including phenoxy) is 1. The predicted molar refractivity (Wildman–Crippen MR) is 64.6 cm³/mol. The SMILES string of the molecule is CCCCCCCCCC(=O)COC(=O)C(F)(F)F. The fraction of sp³-hybridized carbons (Fsp3) is 0.846. The monoisotopic (exact) mass is 282 g/mol. The lowest BCUT2D eigenvalue weighted by atomic mass is 10.1. The molecule has 0 aromatic rings. The molecule has 0 fully saturated rings. The summed E-state index contributed by atoms with van der Waals surface area (Å²) in [7, 11) is 0. The maximum absolute atomic E-state index is 11.8. The van der Waals surface area contributed by atoms with E-state index in [1.807, 2.05) is 0 Å². The van der Waals surface area contributed by atoms with Crippen LogP contribution in [-0.2, 0) is 14.3 Å². The zero-order valence-electron chi connectivity index (χ0n) is 11.2. The van der Waals surface area contributed by atoms with E-state index < -0.39 is 24.5 Å². The third kappa shape index (κ3) is 10.5. The Bertz CT molecular complexity index is 275. The Kier molecular flexibility index (Phi) is 9.26. The molecule has 0 aliphatic carbocycles. The van der Waals surface area contributed by atoms with Crippen LogP contribution in [0.25, 0.3) is 0 Å². The summed E-state index contributed by atoms with van der Waals surface area (Å²) in [6.45, 7) is 1.34. The summed E-state index contributed by atoms with van der Waals surface area (Å²) in [4.78, 5) is 21.5. The van der Waals surface area contributed by atoms with E-state index in [2.05, 4.69) is 11.7 Å². The number of halogens is 3. The van der Waals surface area contributed by atoms with Crippen molar-refractivity contribution in [2.75, 3.05) is 6.61 Å². The van der Waals surface area contributed by atoms with E-state index in [9.17, 15) is 22.8 Å². The second-order valence-corrected chi connectivity index (χ2v) is 4.48. The van der Waals surface area contributed by atoms with Crippen LogP contribution in [0.15, 0.2) is 0 Å². The van der Waals surface area contributed by atoms with Gasteiger partial charge in [0.15, 0.2) is 5.78 Å². The van der Waals surface area contributed by atoms with Gasteiger partial charge in [-0.2, -0.15) is 13.2 Å². The molecule has 0 bridgehead atoms. The van der Waals surface area contributed by atoms with Crippen molar-refractivity contribution in [1.29, 1.82) is 0 Å². The zero-order chi connectivity index (χ0) is 14.7. The number of ketones is 1. The van der Waals surface area contributed by atoms with Crippen molar-refractivity contribution in [3.63, 3.8) is 0 Å². The third-order valence-electron chi connectivity index (χ3n) is 2.65. The van der Waals surface area contributed by atoms with Crippen molar-refractivity contribution < 1.29 is 27.5 Å². The summed E-state index contributed by atoms with van der Waals surface area (Å²) in [5.74, 6) is -2.77. The second-order valence-electron chi connectivity index (χ2n) is 4.48. The molecule has 0 saturated heterocycles. The Labute approximate surface area is 111 Å². The Hall–Kier alpha value is -1.07. The van der Waals surface area contributed by atoms with E-state index >= 15 is 0 Å². The summed E-state index contributed by atoms with van der Waals surface area (Å²) in [5.41, 5.74) is 0. The van der Waals surface area contributed by atoms with E-state index in [1.165, 1.54) is 19.3 Å². The molecular weight excluding hydrogens is 261 g/mol. The van der Waals surface area contributed by atoms with Gasteiger partial charge < -0.3 is 4.74 Å². The van der Waals surface area contributed by atoms with Gasteiger partial charge in [0.1, 0.15) is 6.61 Å². The molecule has 0 N–H and O–H groups in total. The number of hydrogen-bond donors (Lipinski definition) is 0. The average molecular weight is 282 g/mol. The van der Waals surface area contributed by atoms with Gasteiger partial charge in [0, 0.05) is 6.42 Å². The minimum Gasteiger partial charge on any atom is -0.451 e. The van der Waals surface area contributed by atoms with Crippen molar-refractivity contribution in [2.45, 2.75) is 64.5 Å². The maximum atomic E-state index is 11.8. The van der Waals surface area contributed by atoms with Crippen LogP contribution < -0.4 is 0 Å². The van der Waals surface area contributed by atoms with E-state index in [0.29, 0.717) is 6.42 Å². The van der Waals surface area contributed by atoms with Crippen molar-refractivity contribution in [1.82, 2.24) is 0 Å². The van der Waals surface area contributed by atoms with Crippen LogP contribution >= 0.6 is 0 Å². The van der Waals surface area contributed by atoms with Gasteiger partial charge in [-0.1, -0.05) is 45.4 Å². The van der Waals surface area contributed by atoms with Gasteiger partial charge in [0.2, 0.25) is 0 Å². The molecule has 6 heteroatoms. The summed E-state index contributed by atoms with van der Waals surface area (Å²) in [6.07, 6.45) is 2.33. The minimum absolute atomic E-state index is 0.166. The molecule has 19 heavy (non-hydrogen) atoms. The molecule has 0 aliphatic rings. The molecule has 0 aromatic carbocycles. The Morgan fingerprint density at radius 3 is 2.00 bits per heavy atom. The molecule has 0 heterocycles. The van der Waals surface area contributed by atoms with Crippen LogP contribution in [0.3, 0.4) is 0 Å². The van der Waals surface area contributed by atoms with E-state index in [-0.39, 0.29) is 6.42 Å². The van der Waals surface area contributed by atoms with Crippen LogP contribution in [0.4, 0.5) is 13.2 Å².